The van der Waals surface area contributed by atoms with E-state index in [1.165, 1.54) is 12.8 Å². The fourth-order valence-corrected chi connectivity index (χ4v) is 4.05. The Kier molecular flexibility index (Phi) is 4.06. The van der Waals surface area contributed by atoms with Crippen molar-refractivity contribution in [3.8, 4) is 0 Å². The number of piperidine rings is 1. The molecule has 0 unspecified atom stereocenters. The van der Waals surface area contributed by atoms with Crippen molar-refractivity contribution in [1.29, 1.82) is 0 Å². The number of likely N-dealkylation sites (tertiary alicyclic amines) is 1. The summed E-state index contributed by atoms with van der Waals surface area (Å²) < 4.78 is 0. The van der Waals surface area contributed by atoms with Gasteiger partial charge in [0.15, 0.2) is 0 Å². The van der Waals surface area contributed by atoms with E-state index in [0.717, 1.165) is 36.2 Å². The average molecular weight is 325 g/mol. The highest BCUT2D eigenvalue weighted by Crippen LogP contribution is 2.29. The second kappa shape index (κ2) is 6.36. The zero-order valence-electron chi connectivity index (χ0n) is 13.7. The Labute approximate surface area is 141 Å². The van der Waals surface area contributed by atoms with Crippen LogP contribution in [0.15, 0.2) is 24.3 Å². The molecule has 3 heterocycles. The molecule has 0 spiro atoms. The molecule has 0 radical (unpaired) electrons. The number of fused-ring (bicyclic) bond motifs is 1. The van der Waals surface area contributed by atoms with Gasteiger partial charge in [0.2, 0.25) is 5.91 Å². The molecule has 2 saturated heterocycles. The third-order valence-electron chi connectivity index (χ3n) is 5.24. The lowest BCUT2D eigenvalue weighted by atomic mass is 9.89. The molecule has 4 rings (SSSR count). The van der Waals surface area contributed by atoms with Gasteiger partial charge in [-0.05, 0) is 31.5 Å². The third-order valence-corrected chi connectivity index (χ3v) is 5.24. The van der Waals surface area contributed by atoms with Crippen molar-refractivity contribution in [2.24, 2.45) is 5.92 Å². The molecule has 6 nitrogen and oxygen atoms in total. The maximum absolute atomic E-state index is 11.6. The lowest BCUT2D eigenvalue weighted by molar-refractivity contribution is -0.119. The summed E-state index contributed by atoms with van der Waals surface area (Å²) in [6.45, 7) is 2.52. The number of aromatic nitrogens is 2. The number of nitrogen functional groups attached to an aromatic ring is 1. The fourth-order valence-electron chi connectivity index (χ4n) is 4.05. The zero-order valence-corrected chi connectivity index (χ0v) is 13.7. The van der Waals surface area contributed by atoms with Gasteiger partial charge in [-0.15, -0.1) is 0 Å². The Morgan fingerprint density at radius 1 is 1.25 bits per heavy atom. The second-order valence-corrected chi connectivity index (χ2v) is 6.84. The van der Waals surface area contributed by atoms with Gasteiger partial charge in [-0.2, -0.15) is 0 Å². The molecule has 24 heavy (non-hydrogen) atoms. The van der Waals surface area contributed by atoms with E-state index in [2.05, 4.69) is 15.2 Å². The average Bonchev–Trinajstić information content (AvgIpc) is 3.02. The van der Waals surface area contributed by atoms with E-state index in [1.807, 2.05) is 24.3 Å². The summed E-state index contributed by atoms with van der Waals surface area (Å²) in [6.07, 6.45) is 4.20. The number of nitrogens with one attached hydrogen (secondary N) is 1. The molecule has 1 amide bonds. The molecular weight excluding hydrogens is 302 g/mol. The summed E-state index contributed by atoms with van der Waals surface area (Å²) in [7, 11) is 0. The molecule has 2 aliphatic rings. The van der Waals surface area contributed by atoms with Gasteiger partial charge in [-0.1, -0.05) is 18.6 Å². The van der Waals surface area contributed by atoms with Crippen molar-refractivity contribution in [3.63, 3.8) is 0 Å². The van der Waals surface area contributed by atoms with Crippen LogP contribution in [0.4, 0.5) is 5.82 Å². The summed E-state index contributed by atoms with van der Waals surface area (Å²) in [5.41, 5.74) is 7.01. The molecule has 6 heteroatoms. The van der Waals surface area contributed by atoms with Gasteiger partial charge in [-0.25, -0.2) is 9.97 Å². The number of benzene rings is 1. The highest BCUT2D eigenvalue weighted by atomic mass is 16.1. The minimum atomic E-state index is 0.178. The van der Waals surface area contributed by atoms with Crippen LogP contribution in [0.3, 0.4) is 0 Å². The molecule has 0 aliphatic carbocycles. The Hall–Kier alpha value is -2.21. The third kappa shape index (κ3) is 2.94. The van der Waals surface area contributed by atoms with Crippen LogP contribution in [0.5, 0.6) is 0 Å². The number of para-hydroxylation sites is 1. The number of carbonyl (C=O) groups is 1. The molecular formula is C18H23N5O. The Balaban J connectivity index is 1.57. The smallest absolute Gasteiger partial charge is 0.220 e. The number of nitrogens with two attached hydrogens (primary N) is 1. The molecule has 3 N–H and O–H groups in total. The van der Waals surface area contributed by atoms with Gasteiger partial charge in [0.05, 0.1) is 12.1 Å². The van der Waals surface area contributed by atoms with Crippen LogP contribution >= 0.6 is 0 Å². The normalized spacial score (nSPS) is 25.1. The van der Waals surface area contributed by atoms with Gasteiger partial charge in [0.1, 0.15) is 11.6 Å². The second-order valence-electron chi connectivity index (χ2n) is 6.84. The standard InChI is InChI=1S/C18H23N5O/c19-18-13-5-1-2-6-14(13)21-16(22-18)11-23-8-4-3-7-15(23)12-9-17(24)20-10-12/h1-2,5-6,12,15H,3-4,7-11H2,(H,20,24)(H2,19,21,22)/t12-,15+/m1/s1. The molecule has 0 bridgehead atoms. The van der Waals surface area contributed by atoms with E-state index in [0.29, 0.717) is 30.7 Å². The predicted octanol–water partition coefficient (Wildman–Crippen LogP) is 1.70. The van der Waals surface area contributed by atoms with Gasteiger partial charge in [-0.3, -0.25) is 9.69 Å². The highest BCUT2D eigenvalue weighted by Gasteiger charge is 2.34. The Morgan fingerprint density at radius 2 is 2.12 bits per heavy atom. The number of rotatable bonds is 3. The lowest BCUT2D eigenvalue weighted by Gasteiger charge is -2.38. The van der Waals surface area contributed by atoms with Crippen molar-refractivity contribution in [3.05, 3.63) is 30.1 Å². The van der Waals surface area contributed by atoms with E-state index in [4.69, 9.17) is 10.7 Å². The number of carbonyl (C=O) groups excluding carboxylic acids is 1. The number of hydrogen-bond acceptors (Lipinski definition) is 5. The SMILES string of the molecule is Nc1nc(CN2CCCC[C@H]2[C@H]2CNC(=O)C2)nc2ccccc12. The first-order valence-corrected chi connectivity index (χ1v) is 8.72. The zero-order chi connectivity index (χ0) is 16.5. The van der Waals surface area contributed by atoms with Crippen LogP contribution in [0.2, 0.25) is 0 Å². The molecule has 2 aliphatic heterocycles. The molecule has 2 aromatic rings. The van der Waals surface area contributed by atoms with E-state index < -0.39 is 0 Å². The van der Waals surface area contributed by atoms with Crippen LogP contribution in [-0.4, -0.2) is 39.9 Å². The number of hydrogen-bond donors (Lipinski definition) is 2. The lowest BCUT2D eigenvalue weighted by Crippen LogP contribution is -2.44. The molecule has 0 saturated carbocycles. The van der Waals surface area contributed by atoms with Crippen molar-refractivity contribution in [2.45, 2.75) is 38.3 Å². The van der Waals surface area contributed by atoms with E-state index >= 15 is 0 Å². The first kappa shape index (κ1) is 15.3. The largest absolute Gasteiger partial charge is 0.383 e. The molecule has 1 aromatic heterocycles. The highest BCUT2D eigenvalue weighted by molar-refractivity contribution is 5.87. The van der Waals surface area contributed by atoms with Gasteiger partial charge >= 0.3 is 0 Å². The van der Waals surface area contributed by atoms with E-state index in [9.17, 15) is 4.79 Å². The number of amides is 1. The molecule has 2 atom stereocenters. The molecule has 2 fully saturated rings. The topological polar surface area (TPSA) is 84.1 Å². The minimum absolute atomic E-state index is 0.178. The summed E-state index contributed by atoms with van der Waals surface area (Å²) in [4.78, 5) is 23.2. The van der Waals surface area contributed by atoms with Gasteiger partial charge < -0.3 is 11.1 Å². The summed E-state index contributed by atoms with van der Waals surface area (Å²) in [5, 5.41) is 3.87. The van der Waals surface area contributed by atoms with Crippen molar-refractivity contribution in [1.82, 2.24) is 20.2 Å². The Morgan fingerprint density at radius 3 is 2.96 bits per heavy atom. The van der Waals surface area contributed by atoms with Crippen LogP contribution in [0.1, 0.15) is 31.5 Å². The van der Waals surface area contributed by atoms with Crippen molar-refractivity contribution in [2.75, 3.05) is 18.8 Å². The first-order chi connectivity index (χ1) is 11.7. The van der Waals surface area contributed by atoms with Crippen molar-refractivity contribution >= 4 is 22.6 Å². The van der Waals surface area contributed by atoms with Gasteiger partial charge in [0.25, 0.3) is 0 Å². The fraction of sp³-hybridized carbons (Fsp3) is 0.500. The van der Waals surface area contributed by atoms with E-state index in [1.54, 1.807) is 0 Å². The summed E-state index contributed by atoms with van der Waals surface area (Å²) >= 11 is 0. The number of anilines is 1. The van der Waals surface area contributed by atoms with Crippen LogP contribution in [-0.2, 0) is 11.3 Å². The summed E-state index contributed by atoms with van der Waals surface area (Å²) in [5.74, 6) is 1.89. The minimum Gasteiger partial charge on any atom is -0.383 e. The summed E-state index contributed by atoms with van der Waals surface area (Å²) in [6, 6.07) is 8.27. The molecule has 1 aromatic carbocycles. The van der Waals surface area contributed by atoms with Crippen LogP contribution < -0.4 is 11.1 Å². The quantitative estimate of drug-likeness (QED) is 0.897. The van der Waals surface area contributed by atoms with Crippen LogP contribution in [0, 0.1) is 5.92 Å². The number of nitrogens with zero attached hydrogens (tertiary/aromatic N) is 3. The molecule has 126 valence electrons. The predicted molar refractivity (Wildman–Crippen MR) is 93.1 cm³/mol. The Bertz CT molecular complexity index is 762. The maximum Gasteiger partial charge on any atom is 0.220 e. The van der Waals surface area contributed by atoms with Gasteiger partial charge in [0, 0.05) is 30.3 Å². The maximum atomic E-state index is 11.6. The van der Waals surface area contributed by atoms with E-state index in [-0.39, 0.29) is 5.91 Å². The van der Waals surface area contributed by atoms with Crippen LogP contribution in [0.25, 0.3) is 10.9 Å². The first-order valence-electron chi connectivity index (χ1n) is 8.72. The monoisotopic (exact) mass is 325 g/mol. The van der Waals surface area contributed by atoms with Crippen molar-refractivity contribution < 1.29 is 4.79 Å².